The summed E-state index contributed by atoms with van der Waals surface area (Å²) < 4.78 is 21.2. The van der Waals surface area contributed by atoms with Gasteiger partial charge in [0.1, 0.15) is 6.23 Å². The minimum absolute atomic E-state index is 0.00956. The largest absolute Gasteiger partial charge is 0.493 e. The number of fused-ring (bicyclic) bond motifs is 1. The molecule has 2 heterocycles. The second-order valence-electron chi connectivity index (χ2n) is 6.72. The quantitative estimate of drug-likeness (QED) is 0.717. The summed E-state index contributed by atoms with van der Waals surface area (Å²) in [5.41, 5.74) is 1.06. The molecule has 142 valence electrons. The molecule has 0 radical (unpaired) electrons. The Kier molecular flexibility index (Phi) is 5.66. The maximum absolute atomic E-state index is 12.6. The van der Waals surface area contributed by atoms with Crippen molar-refractivity contribution in [2.45, 2.75) is 38.0 Å². The van der Waals surface area contributed by atoms with E-state index in [-0.39, 0.29) is 36.5 Å². The Morgan fingerprint density at radius 3 is 2.69 bits per heavy atom. The molecule has 1 amide bonds. The van der Waals surface area contributed by atoms with Crippen molar-refractivity contribution < 1.29 is 28.5 Å². The first-order valence-electron chi connectivity index (χ1n) is 8.76. The van der Waals surface area contributed by atoms with Crippen LogP contribution in [0.2, 0.25) is 0 Å². The van der Waals surface area contributed by atoms with Crippen molar-refractivity contribution in [3.63, 3.8) is 0 Å². The van der Waals surface area contributed by atoms with Crippen LogP contribution in [-0.2, 0) is 25.5 Å². The number of methoxy groups -OCH3 is 3. The summed E-state index contributed by atoms with van der Waals surface area (Å²) in [6.07, 6.45) is 1.72. The molecule has 7 heteroatoms. The number of amides is 1. The molecule has 1 aromatic rings. The van der Waals surface area contributed by atoms with Gasteiger partial charge in [-0.2, -0.15) is 0 Å². The van der Waals surface area contributed by atoms with Crippen LogP contribution in [0, 0.1) is 5.92 Å². The number of carbonyl (C=O) groups excluding carboxylic acids is 2. The van der Waals surface area contributed by atoms with Crippen LogP contribution in [0.25, 0.3) is 0 Å². The van der Waals surface area contributed by atoms with Crippen molar-refractivity contribution >= 4 is 11.9 Å². The van der Waals surface area contributed by atoms with E-state index >= 15 is 0 Å². The molecule has 1 unspecified atom stereocenters. The van der Waals surface area contributed by atoms with Crippen LogP contribution in [0.4, 0.5) is 0 Å². The number of carbonyl (C=O) groups is 2. The summed E-state index contributed by atoms with van der Waals surface area (Å²) in [5, 5.41) is 0. The van der Waals surface area contributed by atoms with Gasteiger partial charge in [0, 0.05) is 12.8 Å². The van der Waals surface area contributed by atoms with Gasteiger partial charge in [-0.3, -0.25) is 9.59 Å². The number of nitrogens with zero attached hydrogens (tertiary/aromatic N) is 1. The molecule has 3 rings (SSSR count). The lowest BCUT2D eigenvalue weighted by molar-refractivity contribution is -0.149. The number of hydrogen-bond acceptors (Lipinski definition) is 6. The van der Waals surface area contributed by atoms with Crippen molar-refractivity contribution in [3.05, 3.63) is 23.8 Å². The SMILES string of the molecule is COC(=O)C[C@@H]1CC(=O)N2C(C1)OC[C@@H]2Cc1ccc(OC)c(OC)c1. The molecule has 0 saturated carbocycles. The van der Waals surface area contributed by atoms with E-state index in [4.69, 9.17) is 18.9 Å². The Morgan fingerprint density at radius 2 is 2.00 bits per heavy atom. The lowest BCUT2D eigenvalue weighted by Gasteiger charge is -2.35. The predicted octanol–water partition coefficient (Wildman–Crippen LogP) is 1.77. The van der Waals surface area contributed by atoms with E-state index in [9.17, 15) is 9.59 Å². The molecule has 0 spiro atoms. The van der Waals surface area contributed by atoms with Gasteiger partial charge < -0.3 is 23.8 Å². The molecule has 1 aromatic carbocycles. The lowest BCUT2D eigenvalue weighted by atomic mass is 9.91. The smallest absolute Gasteiger partial charge is 0.305 e. The van der Waals surface area contributed by atoms with Crippen LogP contribution < -0.4 is 9.47 Å². The number of hydrogen-bond donors (Lipinski definition) is 0. The molecule has 0 aliphatic carbocycles. The van der Waals surface area contributed by atoms with E-state index in [1.165, 1.54) is 7.11 Å². The van der Waals surface area contributed by atoms with Gasteiger partial charge in [0.25, 0.3) is 0 Å². The van der Waals surface area contributed by atoms with Gasteiger partial charge in [0.15, 0.2) is 11.5 Å². The number of rotatable bonds is 6. The van der Waals surface area contributed by atoms with Crippen LogP contribution in [-0.4, -0.2) is 57.0 Å². The topological polar surface area (TPSA) is 74.3 Å². The van der Waals surface area contributed by atoms with E-state index in [1.54, 1.807) is 14.2 Å². The summed E-state index contributed by atoms with van der Waals surface area (Å²) in [6, 6.07) is 5.76. The van der Waals surface area contributed by atoms with Crippen molar-refractivity contribution in [3.8, 4) is 11.5 Å². The fourth-order valence-corrected chi connectivity index (χ4v) is 3.80. The monoisotopic (exact) mass is 363 g/mol. The highest BCUT2D eigenvalue weighted by molar-refractivity contribution is 5.79. The van der Waals surface area contributed by atoms with Crippen LogP contribution in [0.3, 0.4) is 0 Å². The molecule has 0 N–H and O–H groups in total. The zero-order chi connectivity index (χ0) is 18.7. The molecule has 26 heavy (non-hydrogen) atoms. The van der Waals surface area contributed by atoms with Gasteiger partial charge in [-0.1, -0.05) is 6.07 Å². The van der Waals surface area contributed by atoms with E-state index in [2.05, 4.69) is 0 Å². The Hall–Kier alpha value is -2.28. The van der Waals surface area contributed by atoms with E-state index < -0.39 is 0 Å². The van der Waals surface area contributed by atoms with Gasteiger partial charge in [-0.15, -0.1) is 0 Å². The molecule has 3 atom stereocenters. The van der Waals surface area contributed by atoms with Gasteiger partial charge in [-0.25, -0.2) is 0 Å². The molecule has 2 aliphatic heterocycles. The maximum Gasteiger partial charge on any atom is 0.305 e. The Labute approximate surface area is 153 Å². The number of ether oxygens (including phenoxy) is 4. The Bertz CT molecular complexity index is 676. The average molecular weight is 363 g/mol. The average Bonchev–Trinajstić information content (AvgIpc) is 3.04. The molecular formula is C19H25NO6. The van der Waals surface area contributed by atoms with E-state index in [0.717, 1.165) is 5.56 Å². The summed E-state index contributed by atoms with van der Waals surface area (Å²) in [4.78, 5) is 26.0. The van der Waals surface area contributed by atoms with Gasteiger partial charge in [-0.05, 0) is 36.5 Å². The second kappa shape index (κ2) is 7.95. The zero-order valence-corrected chi connectivity index (χ0v) is 15.4. The standard InChI is InChI=1S/C19H25NO6/c1-23-15-5-4-12(7-16(15)24-2)6-14-11-26-18-9-13(10-19(22)25-3)8-17(21)20(14)18/h4-5,7,13-14,18H,6,8-11H2,1-3H3/t13-,14+,18?/m1/s1. The Balaban J connectivity index is 1.67. The van der Waals surface area contributed by atoms with Crippen LogP contribution >= 0.6 is 0 Å². The van der Waals surface area contributed by atoms with Crippen LogP contribution in [0.1, 0.15) is 24.8 Å². The van der Waals surface area contributed by atoms with Crippen LogP contribution in [0.15, 0.2) is 18.2 Å². The molecule has 0 bridgehead atoms. The first-order chi connectivity index (χ1) is 12.5. The highest BCUT2D eigenvalue weighted by Crippen LogP contribution is 2.35. The molecule has 2 saturated heterocycles. The first kappa shape index (κ1) is 18.5. The third-order valence-electron chi connectivity index (χ3n) is 5.07. The predicted molar refractivity (Wildman–Crippen MR) is 93.0 cm³/mol. The van der Waals surface area contributed by atoms with E-state index in [1.807, 2.05) is 23.1 Å². The Morgan fingerprint density at radius 1 is 1.23 bits per heavy atom. The summed E-state index contributed by atoms with van der Waals surface area (Å²) in [5.74, 6) is 1.09. The molecule has 2 aliphatic rings. The van der Waals surface area contributed by atoms with Gasteiger partial charge in [0.05, 0.1) is 34.0 Å². The third-order valence-corrected chi connectivity index (χ3v) is 5.07. The summed E-state index contributed by atoms with van der Waals surface area (Å²) in [6.45, 7) is 0.496. The minimum Gasteiger partial charge on any atom is -0.493 e. The maximum atomic E-state index is 12.6. The first-order valence-corrected chi connectivity index (χ1v) is 8.76. The normalized spacial score (nSPS) is 25.0. The fourth-order valence-electron chi connectivity index (χ4n) is 3.80. The molecule has 7 nitrogen and oxygen atoms in total. The zero-order valence-electron chi connectivity index (χ0n) is 15.4. The highest BCUT2D eigenvalue weighted by Gasteiger charge is 2.43. The number of esters is 1. The lowest BCUT2D eigenvalue weighted by Crippen LogP contribution is -2.48. The summed E-state index contributed by atoms with van der Waals surface area (Å²) in [7, 11) is 4.57. The second-order valence-corrected chi connectivity index (χ2v) is 6.72. The highest BCUT2D eigenvalue weighted by atomic mass is 16.5. The van der Waals surface area contributed by atoms with Gasteiger partial charge >= 0.3 is 5.97 Å². The van der Waals surface area contributed by atoms with Crippen molar-refractivity contribution in [2.75, 3.05) is 27.9 Å². The molecule has 2 fully saturated rings. The number of benzene rings is 1. The minimum atomic E-state index is -0.281. The summed E-state index contributed by atoms with van der Waals surface area (Å²) >= 11 is 0. The van der Waals surface area contributed by atoms with Crippen molar-refractivity contribution in [2.24, 2.45) is 5.92 Å². The van der Waals surface area contributed by atoms with Gasteiger partial charge in [0.2, 0.25) is 5.91 Å². The molecular weight excluding hydrogens is 338 g/mol. The number of piperidine rings is 1. The third kappa shape index (κ3) is 3.77. The molecule has 0 aromatic heterocycles. The van der Waals surface area contributed by atoms with Crippen molar-refractivity contribution in [1.29, 1.82) is 0 Å². The fraction of sp³-hybridized carbons (Fsp3) is 0.579. The van der Waals surface area contributed by atoms with Crippen LogP contribution in [0.5, 0.6) is 11.5 Å². The van der Waals surface area contributed by atoms with Crippen molar-refractivity contribution in [1.82, 2.24) is 4.90 Å². The van der Waals surface area contributed by atoms with E-state index in [0.29, 0.717) is 37.4 Å².